The van der Waals surface area contributed by atoms with E-state index in [1.165, 1.54) is 0 Å². The molecule has 0 fully saturated rings. The van der Waals surface area contributed by atoms with Gasteiger partial charge < -0.3 is 0 Å². The minimum atomic E-state index is -4.69. The van der Waals surface area contributed by atoms with Crippen LogP contribution in [0.25, 0.3) is 0 Å². The van der Waals surface area contributed by atoms with Crippen molar-refractivity contribution in [3.8, 4) is 0 Å². The zero-order valence-electron chi connectivity index (χ0n) is 8.26. The minimum absolute atomic E-state index is 0.334. The fourth-order valence-corrected chi connectivity index (χ4v) is 1.15. The van der Waals surface area contributed by atoms with E-state index in [2.05, 4.69) is 4.99 Å². The summed E-state index contributed by atoms with van der Waals surface area (Å²) in [6, 6.07) is 2.73. The highest BCUT2D eigenvalue weighted by Crippen LogP contribution is 2.34. The number of alkyl halides is 5. The van der Waals surface area contributed by atoms with E-state index in [0.29, 0.717) is 12.1 Å². The second-order valence-corrected chi connectivity index (χ2v) is 3.19. The van der Waals surface area contributed by atoms with Crippen LogP contribution in [0.3, 0.4) is 0 Å². The minimum Gasteiger partial charge on any atom is -0.211 e. The Bertz CT molecular complexity index is 448. The lowest BCUT2D eigenvalue weighted by Crippen LogP contribution is -2.18. The van der Waals surface area contributed by atoms with E-state index in [0.717, 1.165) is 18.2 Å². The van der Waals surface area contributed by atoms with E-state index in [4.69, 9.17) is 0 Å². The highest BCUT2D eigenvalue weighted by molar-refractivity contribution is 5.34. The van der Waals surface area contributed by atoms with Crippen molar-refractivity contribution < 1.29 is 26.7 Å². The molecular weight excluding hydrogens is 245 g/mol. The van der Waals surface area contributed by atoms with Crippen LogP contribution in [0.1, 0.15) is 11.1 Å². The maximum atomic E-state index is 13.3. The molecule has 1 rings (SSSR count). The molecule has 1 aromatic carbocycles. The number of carbonyl (C=O) groups excluding carboxylic acids is 1. The number of nitrogens with zero attached hydrogens (tertiary/aromatic N) is 1. The van der Waals surface area contributed by atoms with Crippen molar-refractivity contribution in [1.29, 1.82) is 0 Å². The van der Waals surface area contributed by atoms with Crippen LogP contribution in [0.15, 0.2) is 29.3 Å². The molecule has 0 spiro atoms. The standard InChI is InChI=1S/C10H6F5NO/c11-9(12,5-16-6-17)7-2-1-3-8(4-7)10(13,14)15/h1-4H,5H2. The molecule has 2 nitrogen and oxygen atoms in total. The van der Waals surface area contributed by atoms with Gasteiger partial charge in [-0.1, -0.05) is 12.1 Å². The molecular formula is C10H6F5NO. The maximum Gasteiger partial charge on any atom is 0.416 e. The van der Waals surface area contributed by atoms with Crippen LogP contribution >= 0.6 is 0 Å². The first-order chi connectivity index (χ1) is 7.77. The number of hydrogen-bond acceptors (Lipinski definition) is 2. The van der Waals surface area contributed by atoms with Crippen LogP contribution in [0, 0.1) is 0 Å². The van der Waals surface area contributed by atoms with Crippen molar-refractivity contribution in [2.45, 2.75) is 12.1 Å². The summed E-state index contributed by atoms with van der Waals surface area (Å²) in [4.78, 5) is 12.4. The number of benzene rings is 1. The van der Waals surface area contributed by atoms with Gasteiger partial charge in [0.2, 0.25) is 6.08 Å². The van der Waals surface area contributed by atoms with Gasteiger partial charge in [0.05, 0.1) is 5.56 Å². The SMILES string of the molecule is O=C=NCC(F)(F)c1cccc(C(F)(F)F)c1. The first-order valence-corrected chi connectivity index (χ1v) is 4.36. The molecule has 0 saturated heterocycles. The summed E-state index contributed by atoms with van der Waals surface area (Å²) in [5.74, 6) is -3.63. The third-order valence-electron chi connectivity index (χ3n) is 1.95. The molecule has 0 N–H and O–H groups in total. The summed E-state index contributed by atoms with van der Waals surface area (Å²) in [6.45, 7) is -1.22. The molecule has 0 heterocycles. The van der Waals surface area contributed by atoms with Gasteiger partial charge in [0, 0.05) is 5.56 Å². The van der Waals surface area contributed by atoms with E-state index in [-0.39, 0.29) is 0 Å². The monoisotopic (exact) mass is 251 g/mol. The lowest BCUT2D eigenvalue weighted by atomic mass is 10.1. The van der Waals surface area contributed by atoms with Crippen molar-refractivity contribution in [3.63, 3.8) is 0 Å². The van der Waals surface area contributed by atoms with E-state index in [9.17, 15) is 26.7 Å². The Kier molecular flexibility index (Phi) is 3.63. The Morgan fingerprint density at radius 3 is 2.24 bits per heavy atom. The molecule has 0 unspecified atom stereocenters. The van der Waals surface area contributed by atoms with Gasteiger partial charge in [0.25, 0.3) is 5.92 Å². The molecule has 0 aromatic heterocycles. The second-order valence-electron chi connectivity index (χ2n) is 3.19. The third kappa shape index (κ3) is 3.35. The van der Waals surface area contributed by atoms with Gasteiger partial charge in [-0.25, -0.2) is 4.79 Å². The van der Waals surface area contributed by atoms with Crippen LogP contribution in [0.2, 0.25) is 0 Å². The number of rotatable bonds is 3. The topological polar surface area (TPSA) is 29.4 Å². The fourth-order valence-electron chi connectivity index (χ4n) is 1.15. The normalized spacial score (nSPS) is 12.1. The fraction of sp³-hybridized carbons (Fsp3) is 0.300. The molecule has 0 amide bonds. The van der Waals surface area contributed by atoms with E-state index in [1.54, 1.807) is 0 Å². The average Bonchev–Trinajstić information content (AvgIpc) is 2.25. The summed E-state index contributed by atoms with van der Waals surface area (Å²) in [5, 5.41) is 0. The summed E-state index contributed by atoms with van der Waals surface area (Å²) in [7, 11) is 0. The molecule has 0 saturated carbocycles. The third-order valence-corrected chi connectivity index (χ3v) is 1.95. The Hall–Kier alpha value is -1.75. The van der Waals surface area contributed by atoms with Crippen molar-refractivity contribution >= 4 is 6.08 Å². The van der Waals surface area contributed by atoms with Crippen LogP contribution in [0.4, 0.5) is 22.0 Å². The largest absolute Gasteiger partial charge is 0.416 e. The predicted octanol–water partition coefficient (Wildman–Crippen LogP) is 3.13. The number of aliphatic imine (C=N–C) groups is 1. The number of halogens is 5. The maximum absolute atomic E-state index is 13.3. The highest BCUT2D eigenvalue weighted by atomic mass is 19.4. The highest BCUT2D eigenvalue weighted by Gasteiger charge is 2.36. The quantitative estimate of drug-likeness (QED) is 0.461. The van der Waals surface area contributed by atoms with Gasteiger partial charge in [-0.15, -0.1) is 0 Å². The Morgan fingerprint density at radius 2 is 1.71 bits per heavy atom. The molecule has 0 radical (unpaired) electrons. The molecule has 7 heteroatoms. The Labute approximate surface area is 92.8 Å². The summed E-state index contributed by atoms with van der Waals surface area (Å²) in [6.07, 6.45) is -3.78. The zero-order chi connectivity index (χ0) is 13.1. The Morgan fingerprint density at radius 1 is 1.12 bits per heavy atom. The Balaban J connectivity index is 3.11. The average molecular weight is 251 g/mol. The smallest absolute Gasteiger partial charge is 0.211 e. The molecule has 0 aliphatic heterocycles. The van der Waals surface area contributed by atoms with Gasteiger partial charge >= 0.3 is 6.18 Å². The van der Waals surface area contributed by atoms with E-state index >= 15 is 0 Å². The van der Waals surface area contributed by atoms with Crippen LogP contribution in [0.5, 0.6) is 0 Å². The predicted molar refractivity (Wildman–Crippen MR) is 48.3 cm³/mol. The van der Waals surface area contributed by atoms with E-state index in [1.807, 2.05) is 0 Å². The van der Waals surface area contributed by atoms with Gasteiger partial charge in [0.15, 0.2) is 0 Å². The molecule has 92 valence electrons. The lowest BCUT2D eigenvalue weighted by Gasteiger charge is -2.15. The zero-order valence-corrected chi connectivity index (χ0v) is 8.26. The van der Waals surface area contributed by atoms with Crippen molar-refractivity contribution in [2.24, 2.45) is 4.99 Å². The second kappa shape index (κ2) is 4.63. The van der Waals surface area contributed by atoms with Gasteiger partial charge in [-0.2, -0.15) is 26.9 Å². The van der Waals surface area contributed by atoms with Gasteiger partial charge in [-0.05, 0) is 12.1 Å². The molecule has 1 aromatic rings. The molecule has 0 bridgehead atoms. The van der Waals surface area contributed by atoms with Crippen LogP contribution < -0.4 is 0 Å². The van der Waals surface area contributed by atoms with Crippen LogP contribution in [-0.4, -0.2) is 12.6 Å². The van der Waals surface area contributed by atoms with Crippen molar-refractivity contribution in [3.05, 3.63) is 35.4 Å². The summed E-state index contributed by atoms with van der Waals surface area (Å²) in [5.41, 5.74) is -2.02. The van der Waals surface area contributed by atoms with Gasteiger partial charge in [-0.3, -0.25) is 0 Å². The molecule has 0 atom stereocenters. The first kappa shape index (κ1) is 13.3. The summed E-state index contributed by atoms with van der Waals surface area (Å²) >= 11 is 0. The van der Waals surface area contributed by atoms with E-state index < -0.39 is 29.8 Å². The van der Waals surface area contributed by atoms with Gasteiger partial charge in [0.1, 0.15) is 6.54 Å². The molecule has 0 aliphatic rings. The number of isocyanates is 1. The van der Waals surface area contributed by atoms with Crippen LogP contribution in [-0.2, 0) is 16.9 Å². The molecule has 0 aliphatic carbocycles. The van der Waals surface area contributed by atoms with Crippen molar-refractivity contribution in [1.82, 2.24) is 0 Å². The molecule has 17 heavy (non-hydrogen) atoms. The lowest BCUT2D eigenvalue weighted by molar-refractivity contribution is -0.137. The number of hydrogen-bond donors (Lipinski definition) is 0. The summed E-state index contributed by atoms with van der Waals surface area (Å²) < 4.78 is 63.4. The first-order valence-electron chi connectivity index (χ1n) is 4.36. The van der Waals surface area contributed by atoms with Crippen molar-refractivity contribution in [2.75, 3.05) is 6.54 Å².